The van der Waals surface area contributed by atoms with Crippen molar-refractivity contribution < 1.29 is 9.21 Å². The van der Waals surface area contributed by atoms with Crippen molar-refractivity contribution in [2.75, 3.05) is 6.54 Å². The smallest absolute Gasteiger partial charge is 0.252 e. The number of carbonyl (C=O) groups excluding carboxylic acids is 1. The summed E-state index contributed by atoms with van der Waals surface area (Å²) in [4.78, 5) is 12.7. The van der Waals surface area contributed by atoms with Gasteiger partial charge in [-0.15, -0.1) is 0 Å². The van der Waals surface area contributed by atoms with E-state index < -0.39 is 0 Å². The molecule has 1 aromatic heterocycles. The fourth-order valence-corrected chi connectivity index (χ4v) is 2.69. The topological polar surface area (TPSA) is 42.2 Å². The summed E-state index contributed by atoms with van der Waals surface area (Å²) >= 11 is 0. The lowest BCUT2D eigenvalue weighted by atomic mass is 9.98. The highest BCUT2D eigenvalue weighted by atomic mass is 16.3. The van der Waals surface area contributed by atoms with Gasteiger partial charge in [0.25, 0.3) is 5.91 Å². The lowest BCUT2D eigenvalue weighted by Gasteiger charge is -2.16. The zero-order chi connectivity index (χ0) is 17.2. The minimum atomic E-state index is -0.0486. The summed E-state index contributed by atoms with van der Waals surface area (Å²) in [6.07, 6.45) is 8.07. The molecule has 0 aliphatic rings. The SMILES string of the molecule is CCCC[C@H](CC)CNC(=O)/C(=C/c1ccco1)c1ccccc1. The van der Waals surface area contributed by atoms with E-state index in [-0.39, 0.29) is 5.91 Å². The first-order valence-corrected chi connectivity index (χ1v) is 8.83. The van der Waals surface area contributed by atoms with Crippen LogP contribution >= 0.6 is 0 Å². The van der Waals surface area contributed by atoms with Crippen LogP contribution in [0.5, 0.6) is 0 Å². The number of benzene rings is 1. The van der Waals surface area contributed by atoms with Crippen LogP contribution in [0.1, 0.15) is 50.9 Å². The van der Waals surface area contributed by atoms with E-state index in [4.69, 9.17) is 4.42 Å². The molecule has 0 fully saturated rings. The summed E-state index contributed by atoms with van der Waals surface area (Å²) in [7, 11) is 0. The molecule has 1 N–H and O–H groups in total. The number of rotatable bonds is 9. The molecule has 0 saturated heterocycles. The molecule has 0 aliphatic carbocycles. The minimum Gasteiger partial charge on any atom is -0.465 e. The second-order valence-corrected chi connectivity index (χ2v) is 6.07. The molecule has 3 nitrogen and oxygen atoms in total. The predicted octanol–water partition coefficient (Wildman–Crippen LogP) is 5.15. The van der Waals surface area contributed by atoms with Crippen LogP contribution in [-0.4, -0.2) is 12.5 Å². The molecule has 0 bridgehead atoms. The van der Waals surface area contributed by atoms with Gasteiger partial charge in [0, 0.05) is 6.54 Å². The molecule has 0 spiro atoms. The van der Waals surface area contributed by atoms with Crippen molar-refractivity contribution in [3.63, 3.8) is 0 Å². The van der Waals surface area contributed by atoms with Gasteiger partial charge in [-0.05, 0) is 36.1 Å². The minimum absolute atomic E-state index is 0.0486. The summed E-state index contributed by atoms with van der Waals surface area (Å²) in [5.41, 5.74) is 1.53. The van der Waals surface area contributed by atoms with Gasteiger partial charge in [-0.2, -0.15) is 0 Å². The van der Waals surface area contributed by atoms with Crippen LogP contribution in [0.25, 0.3) is 11.6 Å². The number of hydrogen-bond acceptors (Lipinski definition) is 2. The maximum absolute atomic E-state index is 12.7. The van der Waals surface area contributed by atoms with Gasteiger partial charge in [-0.25, -0.2) is 0 Å². The van der Waals surface area contributed by atoms with Crippen molar-refractivity contribution in [3.8, 4) is 0 Å². The van der Waals surface area contributed by atoms with Crippen LogP contribution < -0.4 is 5.32 Å². The molecule has 3 heteroatoms. The molecule has 24 heavy (non-hydrogen) atoms. The Bertz CT molecular complexity index is 629. The third-order valence-electron chi connectivity index (χ3n) is 4.25. The lowest BCUT2D eigenvalue weighted by molar-refractivity contribution is -0.115. The zero-order valence-corrected chi connectivity index (χ0v) is 14.6. The van der Waals surface area contributed by atoms with E-state index in [1.165, 1.54) is 12.8 Å². The fourth-order valence-electron chi connectivity index (χ4n) is 2.69. The summed E-state index contributed by atoms with van der Waals surface area (Å²) in [6, 6.07) is 13.4. The molecule has 0 aliphatic heterocycles. The molecule has 0 unspecified atom stereocenters. The largest absolute Gasteiger partial charge is 0.465 e. The molecule has 128 valence electrons. The van der Waals surface area contributed by atoms with Gasteiger partial charge in [0.2, 0.25) is 0 Å². The average molecular weight is 325 g/mol. The summed E-state index contributed by atoms with van der Waals surface area (Å²) in [5, 5.41) is 3.10. The third-order valence-corrected chi connectivity index (χ3v) is 4.25. The van der Waals surface area contributed by atoms with Crippen molar-refractivity contribution in [1.82, 2.24) is 5.32 Å². The number of carbonyl (C=O) groups is 1. The number of furan rings is 1. The Hall–Kier alpha value is -2.29. The van der Waals surface area contributed by atoms with Gasteiger partial charge in [0.1, 0.15) is 5.76 Å². The molecule has 1 aromatic carbocycles. The second kappa shape index (κ2) is 9.76. The van der Waals surface area contributed by atoms with E-state index >= 15 is 0 Å². The highest BCUT2D eigenvalue weighted by Gasteiger charge is 2.14. The number of unbranched alkanes of at least 4 members (excludes halogenated alkanes) is 1. The van der Waals surface area contributed by atoms with Crippen molar-refractivity contribution >= 4 is 17.6 Å². The molecule has 1 amide bonds. The van der Waals surface area contributed by atoms with Gasteiger partial charge in [0.05, 0.1) is 11.8 Å². The molecule has 2 rings (SSSR count). The molecule has 2 aromatic rings. The first kappa shape index (κ1) is 18.1. The van der Waals surface area contributed by atoms with E-state index in [1.807, 2.05) is 42.5 Å². The zero-order valence-electron chi connectivity index (χ0n) is 14.6. The first-order valence-electron chi connectivity index (χ1n) is 8.83. The Morgan fingerprint density at radius 2 is 1.96 bits per heavy atom. The normalized spacial score (nSPS) is 12.8. The number of hydrogen-bond donors (Lipinski definition) is 1. The monoisotopic (exact) mass is 325 g/mol. The van der Waals surface area contributed by atoms with Crippen LogP contribution in [0, 0.1) is 5.92 Å². The highest BCUT2D eigenvalue weighted by molar-refractivity contribution is 6.24. The predicted molar refractivity (Wildman–Crippen MR) is 99.3 cm³/mol. The maximum Gasteiger partial charge on any atom is 0.252 e. The van der Waals surface area contributed by atoms with E-state index in [0.29, 0.717) is 17.3 Å². The first-order chi connectivity index (χ1) is 11.7. The summed E-state index contributed by atoms with van der Waals surface area (Å²) in [5.74, 6) is 1.17. The van der Waals surface area contributed by atoms with E-state index in [1.54, 1.807) is 12.3 Å². The molecule has 1 atom stereocenters. The average Bonchev–Trinajstić information content (AvgIpc) is 3.13. The van der Waals surface area contributed by atoms with Crippen LogP contribution in [0.4, 0.5) is 0 Å². The maximum atomic E-state index is 12.7. The van der Waals surface area contributed by atoms with E-state index in [2.05, 4.69) is 19.2 Å². The molecule has 0 radical (unpaired) electrons. The van der Waals surface area contributed by atoms with Gasteiger partial charge in [0.15, 0.2) is 0 Å². The number of amides is 1. The lowest BCUT2D eigenvalue weighted by Crippen LogP contribution is -2.29. The highest BCUT2D eigenvalue weighted by Crippen LogP contribution is 2.19. The van der Waals surface area contributed by atoms with Crippen molar-refractivity contribution in [2.45, 2.75) is 39.5 Å². The third kappa shape index (κ3) is 5.41. The standard InChI is InChI=1S/C21H27NO2/c1-3-5-10-17(4-2)16-22-21(23)20(15-19-13-9-14-24-19)18-11-7-6-8-12-18/h6-9,11-15,17H,3-5,10,16H2,1-2H3,(H,22,23)/b20-15+/t17-/m0/s1. The van der Waals surface area contributed by atoms with Gasteiger partial charge in [-0.3, -0.25) is 4.79 Å². The number of nitrogens with one attached hydrogen (secondary N) is 1. The molecular formula is C21H27NO2. The van der Waals surface area contributed by atoms with Gasteiger partial charge in [-0.1, -0.05) is 63.4 Å². The second-order valence-electron chi connectivity index (χ2n) is 6.07. The van der Waals surface area contributed by atoms with Crippen molar-refractivity contribution in [1.29, 1.82) is 0 Å². The Morgan fingerprint density at radius 1 is 1.17 bits per heavy atom. The van der Waals surface area contributed by atoms with Crippen molar-refractivity contribution in [3.05, 3.63) is 60.1 Å². The van der Waals surface area contributed by atoms with E-state index in [9.17, 15) is 4.79 Å². The molecule has 1 heterocycles. The Morgan fingerprint density at radius 3 is 2.58 bits per heavy atom. The Kier molecular flexibility index (Phi) is 7.34. The van der Waals surface area contributed by atoms with Crippen LogP contribution in [0.3, 0.4) is 0 Å². The van der Waals surface area contributed by atoms with Gasteiger partial charge >= 0.3 is 0 Å². The van der Waals surface area contributed by atoms with Crippen molar-refractivity contribution in [2.24, 2.45) is 5.92 Å². The van der Waals surface area contributed by atoms with Crippen LogP contribution in [0.15, 0.2) is 53.1 Å². The summed E-state index contributed by atoms with van der Waals surface area (Å²) in [6.45, 7) is 5.10. The van der Waals surface area contributed by atoms with Crippen LogP contribution in [-0.2, 0) is 4.79 Å². The van der Waals surface area contributed by atoms with Crippen LogP contribution in [0.2, 0.25) is 0 Å². The Balaban J connectivity index is 2.11. The quantitative estimate of drug-likeness (QED) is 0.648. The fraction of sp³-hybridized carbons (Fsp3) is 0.381. The van der Waals surface area contributed by atoms with Gasteiger partial charge < -0.3 is 9.73 Å². The molecular weight excluding hydrogens is 298 g/mol. The summed E-state index contributed by atoms with van der Waals surface area (Å²) < 4.78 is 5.38. The Labute approximate surface area is 144 Å². The molecule has 0 saturated carbocycles. The van der Waals surface area contributed by atoms with E-state index in [0.717, 1.165) is 24.9 Å².